The highest BCUT2D eigenvalue weighted by molar-refractivity contribution is 6.90. The van der Waals surface area contributed by atoms with Crippen molar-refractivity contribution < 1.29 is 4.79 Å². The molecular formula is C23H33NOSi. The second kappa shape index (κ2) is 8.21. The first kappa shape index (κ1) is 20.4. The number of amides is 1. The van der Waals surface area contributed by atoms with Crippen LogP contribution in [0.5, 0.6) is 0 Å². The van der Waals surface area contributed by atoms with E-state index < -0.39 is 8.07 Å². The molecule has 2 aromatic rings. The summed E-state index contributed by atoms with van der Waals surface area (Å²) in [5.41, 5.74) is 2.40. The molecule has 0 saturated carbocycles. The van der Waals surface area contributed by atoms with Gasteiger partial charge in [-0.1, -0.05) is 73.7 Å². The van der Waals surface area contributed by atoms with Gasteiger partial charge in [-0.15, -0.1) is 0 Å². The van der Waals surface area contributed by atoms with Crippen molar-refractivity contribution in [1.82, 2.24) is 4.90 Å². The quantitative estimate of drug-likeness (QED) is 0.642. The molecule has 0 aliphatic heterocycles. The predicted octanol–water partition coefficient (Wildman–Crippen LogP) is 5.20. The zero-order valence-corrected chi connectivity index (χ0v) is 18.3. The minimum Gasteiger partial charge on any atom is -0.334 e. The normalized spacial score (nSPS) is 13.1. The van der Waals surface area contributed by atoms with Crippen LogP contribution in [0.4, 0.5) is 0 Å². The van der Waals surface area contributed by atoms with Crippen molar-refractivity contribution in [3.8, 4) is 0 Å². The van der Waals surface area contributed by atoms with E-state index in [4.69, 9.17) is 0 Å². The Hall–Kier alpha value is -1.87. The van der Waals surface area contributed by atoms with Gasteiger partial charge in [0.05, 0.1) is 8.07 Å². The van der Waals surface area contributed by atoms with Crippen molar-refractivity contribution >= 4 is 19.2 Å². The van der Waals surface area contributed by atoms with Crippen LogP contribution in [0, 0.1) is 0 Å². The lowest BCUT2D eigenvalue weighted by molar-refractivity contribution is 0.0642. The number of hydrogen-bond acceptors (Lipinski definition) is 1. The topological polar surface area (TPSA) is 20.3 Å². The van der Waals surface area contributed by atoms with Crippen molar-refractivity contribution in [3.63, 3.8) is 0 Å². The number of nitrogens with zero attached hydrogens (tertiary/aromatic N) is 1. The minimum atomic E-state index is -1.76. The van der Waals surface area contributed by atoms with Crippen LogP contribution in [0.15, 0.2) is 54.6 Å². The van der Waals surface area contributed by atoms with E-state index in [1.165, 1.54) is 10.8 Å². The first-order valence-corrected chi connectivity index (χ1v) is 12.7. The van der Waals surface area contributed by atoms with Gasteiger partial charge in [0, 0.05) is 17.6 Å². The first-order valence-electron chi connectivity index (χ1n) is 9.65. The number of carbonyl (C=O) groups is 1. The third kappa shape index (κ3) is 4.09. The van der Waals surface area contributed by atoms with Gasteiger partial charge in [0.25, 0.3) is 5.91 Å². The highest BCUT2D eigenvalue weighted by atomic mass is 28.3. The smallest absolute Gasteiger partial charge is 0.254 e. The van der Waals surface area contributed by atoms with Crippen LogP contribution in [-0.4, -0.2) is 31.0 Å². The van der Waals surface area contributed by atoms with Crippen molar-refractivity contribution in [2.75, 3.05) is 0 Å². The van der Waals surface area contributed by atoms with Gasteiger partial charge >= 0.3 is 0 Å². The lowest BCUT2D eigenvalue weighted by Crippen LogP contribution is -2.47. The van der Waals surface area contributed by atoms with Gasteiger partial charge in [-0.05, 0) is 44.9 Å². The number of rotatable bonds is 6. The fourth-order valence-electron chi connectivity index (χ4n) is 3.78. The van der Waals surface area contributed by atoms with Gasteiger partial charge in [-0.3, -0.25) is 4.79 Å². The number of hydrogen-bond donors (Lipinski definition) is 0. The van der Waals surface area contributed by atoms with E-state index in [0.29, 0.717) is 5.54 Å². The van der Waals surface area contributed by atoms with E-state index in [0.717, 1.165) is 5.56 Å². The van der Waals surface area contributed by atoms with Gasteiger partial charge in [0.1, 0.15) is 0 Å². The fourth-order valence-corrected chi connectivity index (χ4v) is 6.36. The molecule has 0 bridgehead atoms. The summed E-state index contributed by atoms with van der Waals surface area (Å²) < 4.78 is 0. The molecule has 2 aromatic carbocycles. The van der Waals surface area contributed by atoms with Crippen LogP contribution in [0.1, 0.15) is 56.1 Å². The van der Waals surface area contributed by atoms with Gasteiger partial charge in [0.2, 0.25) is 0 Å². The molecule has 0 aliphatic carbocycles. The van der Waals surface area contributed by atoms with E-state index in [-0.39, 0.29) is 18.0 Å². The summed E-state index contributed by atoms with van der Waals surface area (Å²) in [5.74, 6) is 0.148. The highest BCUT2D eigenvalue weighted by Gasteiger charge is 2.34. The minimum absolute atomic E-state index is 0.148. The molecule has 0 N–H and O–H groups in total. The van der Waals surface area contributed by atoms with Gasteiger partial charge < -0.3 is 4.90 Å². The molecule has 140 valence electrons. The lowest BCUT2D eigenvalue weighted by atomic mass is 10.0. The average Bonchev–Trinajstić information content (AvgIpc) is 2.61. The van der Waals surface area contributed by atoms with Crippen molar-refractivity contribution in [3.05, 3.63) is 65.7 Å². The summed E-state index contributed by atoms with van der Waals surface area (Å²) in [7, 11) is -1.76. The molecule has 0 radical (unpaired) electrons. The number of carbonyl (C=O) groups excluding carboxylic acids is 1. The van der Waals surface area contributed by atoms with E-state index in [9.17, 15) is 4.79 Å². The monoisotopic (exact) mass is 367 g/mol. The lowest BCUT2D eigenvalue weighted by Gasteiger charge is -2.35. The Morgan fingerprint density at radius 2 is 1.31 bits per heavy atom. The van der Waals surface area contributed by atoms with Gasteiger partial charge in [-0.2, -0.15) is 0 Å². The molecule has 0 saturated heterocycles. The first-order chi connectivity index (χ1) is 12.2. The van der Waals surface area contributed by atoms with Crippen LogP contribution in [0.25, 0.3) is 0 Å². The Morgan fingerprint density at radius 3 is 1.85 bits per heavy atom. The standard InChI is InChI=1S/C23H33NOSi/c1-17(2)24(18(3)4)23(25)22-16-12-11-15-21(22)19(5)26(6,7)20-13-9-8-10-14-20/h8-19H,1-7H3/t19-/m0/s1. The maximum Gasteiger partial charge on any atom is 0.254 e. The van der Waals surface area contributed by atoms with Crippen molar-refractivity contribution in [1.29, 1.82) is 0 Å². The summed E-state index contributed by atoms with van der Waals surface area (Å²) in [4.78, 5) is 15.3. The molecule has 1 atom stereocenters. The fraction of sp³-hybridized carbons (Fsp3) is 0.435. The molecule has 26 heavy (non-hydrogen) atoms. The van der Waals surface area contributed by atoms with Crippen molar-refractivity contribution in [2.45, 2.75) is 65.3 Å². The summed E-state index contributed by atoms with van der Waals surface area (Å²) in [6, 6.07) is 19.3. The van der Waals surface area contributed by atoms with E-state index in [1.54, 1.807) is 0 Å². The van der Waals surface area contributed by atoms with Crippen LogP contribution >= 0.6 is 0 Å². The number of benzene rings is 2. The molecule has 0 spiro atoms. The van der Waals surface area contributed by atoms with Crippen molar-refractivity contribution in [2.24, 2.45) is 0 Å². The summed E-state index contributed by atoms with van der Waals surface area (Å²) >= 11 is 0. The third-order valence-electron chi connectivity index (χ3n) is 5.61. The maximum atomic E-state index is 13.4. The zero-order chi connectivity index (χ0) is 19.5. The molecule has 2 rings (SSSR count). The van der Waals surface area contributed by atoms with Gasteiger partial charge in [0.15, 0.2) is 0 Å². The molecule has 3 heteroatoms. The van der Waals surface area contributed by atoms with Crippen LogP contribution in [0.3, 0.4) is 0 Å². The Morgan fingerprint density at radius 1 is 0.808 bits per heavy atom. The van der Waals surface area contributed by atoms with Gasteiger partial charge in [-0.25, -0.2) is 0 Å². The molecule has 0 aliphatic rings. The second-order valence-electron chi connectivity index (χ2n) is 8.30. The van der Waals surface area contributed by atoms with E-state index >= 15 is 0 Å². The van der Waals surface area contributed by atoms with Crippen LogP contribution in [0.2, 0.25) is 13.1 Å². The molecular weight excluding hydrogens is 334 g/mol. The zero-order valence-electron chi connectivity index (χ0n) is 17.3. The van der Waals surface area contributed by atoms with Crippen LogP contribution in [-0.2, 0) is 0 Å². The summed E-state index contributed by atoms with van der Waals surface area (Å²) in [5, 5.41) is 1.43. The molecule has 0 aromatic heterocycles. The molecule has 2 nitrogen and oxygen atoms in total. The molecule has 1 amide bonds. The van der Waals surface area contributed by atoms with E-state index in [1.807, 2.05) is 17.0 Å². The second-order valence-corrected chi connectivity index (χ2v) is 13.2. The Bertz CT molecular complexity index is 729. The molecule has 0 heterocycles. The SMILES string of the molecule is CC(C)N(C(=O)c1ccccc1[C@H](C)[Si](C)(C)c1ccccc1)C(C)C. The molecule has 0 fully saturated rings. The Kier molecular flexibility index (Phi) is 6.46. The average molecular weight is 368 g/mol. The summed E-state index contributed by atoms with van der Waals surface area (Å²) in [6.45, 7) is 15.5. The summed E-state index contributed by atoms with van der Waals surface area (Å²) in [6.07, 6.45) is 0. The Balaban J connectivity index is 2.47. The Labute approximate surface area is 160 Å². The van der Waals surface area contributed by atoms with Crippen LogP contribution < -0.4 is 5.19 Å². The third-order valence-corrected chi connectivity index (χ3v) is 9.90. The molecule has 0 unspecified atom stereocenters. The largest absolute Gasteiger partial charge is 0.334 e. The maximum absolute atomic E-state index is 13.4. The highest BCUT2D eigenvalue weighted by Crippen LogP contribution is 2.30. The predicted molar refractivity (Wildman–Crippen MR) is 115 cm³/mol. The van der Waals surface area contributed by atoms with E-state index in [2.05, 4.69) is 90.2 Å².